The lowest BCUT2D eigenvalue weighted by Crippen LogP contribution is -2.46. The van der Waals surface area contributed by atoms with Crippen LogP contribution in [-0.4, -0.2) is 21.7 Å². The molecule has 1 saturated carbocycles. The van der Waals surface area contributed by atoms with E-state index in [9.17, 15) is 9.59 Å². The van der Waals surface area contributed by atoms with Crippen LogP contribution in [0, 0.1) is 0 Å². The Morgan fingerprint density at radius 3 is 2.74 bits per heavy atom. The molecule has 5 nitrogen and oxygen atoms in total. The molecular formula is C23H18ClN3O2S2. The number of hydrogen-bond acceptors (Lipinski definition) is 6. The van der Waals surface area contributed by atoms with E-state index in [0.717, 1.165) is 40.6 Å². The summed E-state index contributed by atoms with van der Waals surface area (Å²) < 4.78 is 0.935. The van der Waals surface area contributed by atoms with E-state index in [1.807, 2.05) is 42.5 Å². The molecule has 1 aliphatic carbocycles. The molecule has 1 aliphatic rings. The van der Waals surface area contributed by atoms with Gasteiger partial charge in [0.05, 0.1) is 21.1 Å². The van der Waals surface area contributed by atoms with E-state index in [0.29, 0.717) is 15.8 Å². The van der Waals surface area contributed by atoms with E-state index in [-0.39, 0.29) is 18.1 Å². The second-order valence-electron chi connectivity index (χ2n) is 7.69. The molecule has 2 heterocycles. The van der Waals surface area contributed by atoms with Crippen molar-refractivity contribution in [1.82, 2.24) is 9.97 Å². The molecule has 0 aliphatic heterocycles. The smallest absolute Gasteiger partial charge is 0.236 e. The van der Waals surface area contributed by atoms with Crippen molar-refractivity contribution in [2.75, 3.05) is 5.32 Å². The number of aromatic nitrogens is 2. The van der Waals surface area contributed by atoms with E-state index >= 15 is 0 Å². The Bertz CT molecular complexity index is 1280. The first kappa shape index (κ1) is 20.3. The third kappa shape index (κ3) is 3.89. The van der Waals surface area contributed by atoms with E-state index in [1.165, 1.54) is 22.7 Å². The first-order valence-corrected chi connectivity index (χ1v) is 12.1. The van der Waals surface area contributed by atoms with Crippen LogP contribution in [0.4, 0.5) is 5.13 Å². The highest BCUT2D eigenvalue weighted by molar-refractivity contribution is 7.22. The van der Waals surface area contributed by atoms with E-state index in [2.05, 4.69) is 15.3 Å². The molecule has 0 radical (unpaired) electrons. The van der Waals surface area contributed by atoms with Gasteiger partial charge < -0.3 is 5.32 Å². The van der Waals surface area contributed by atoms with Crippen LogP contribution < -0.4 is 5.32 Å². The molecule has 0 unspecified atom stereocenters. The van der Waals surface area contributed by atoms with Gasteiger partial charge in [0.25, 0.3) is 0 Å². The fourth-order valence-corrected chi connectivity index (χ4v) is 5.61. The first-order valence-electron chi connectivity index (χ1n) is 9.92. The summed E-state index contributed by atoms with van der Waals surface area (Å²) in [5.41, 5.74) is 4.26. The second-order valence-corrected chi connectivity index (χ2v) is 9.88. The molecule has 1 N–H and O–H groups in total. The molecular weight excluding hydrogens is 450 g/mol. The van der Waals surface area contributed by atoms with Gasteiger partial charge in [-0.3, -0.25) is 9.59 Å². The Labute approximate surface area is 192 Å². The van der Waals surface area contributed by atoms with Crippen LogP contribution in [-0.2, 0) is 16.6 Å². The first-order chi connectivity index (χ1) is 15.0. The lowest BCUT2D eigenvalue weighted by atomic mass is 9.64. The minimum Gasteiger partial charge on any atom is -0.301 e. The summed E-state index contributed by atoms with van der Waals surface area (Å²) >= 11 is 8.99. The molecule has 31 heavy (non-hydrogen) atoms. The summed E-state index contributed by atoms with van der Waals surface area (Å²) in [6.07, 6.45) is 2.90. The van der Waals surface area contributed by atoms with Gasteiger partial charge >= 0.3 is 0 Å². The van der Waals surface area contributed by atoms with Crippen molar-refractivity contribution in [3.05, 3.63) is 75.2 Å². The summed E-state index contributed by atoms with van der Waals surface area (Å²) in [6, 6.07) is 13.3. The summed E-state index contributed by atoms with van der Waals surface area (Å²) in [5.74, 6) is -0.0499. The molecule has 0 atom stereocenters. The quantitative estimate of drug-likeness (QED) is 0.359. The number of hydrogen-bond donors (Lipinski definition) is 1. The second kappa shape index (κ2) is 8.15. The standard InChI is InChI=1S/C23H18ClN3O2S2/c24-16-4-1-3-15(11-16)23(7-2-8-23)21(29)27-22-26-17-6-5-14(10-20(17)31-22)9-19(28)18-12-30-13-25-18/h1,3-6,10-13H,2,7-9H2,(H,26,27,29). The number of nitrogens with one attached hydrogen (secondary N) is 1. The highest BCUT2D eigenvalue weighted by Crippen LogP contribution is 2.45. The van der Waals surface area contributed by atoms with Crippen LogP contribution in [0.2, 0.25) is 5.02 Å². The highest BCUT2D eigenvalue weighted by Gasteiger charge is 2.46. The third-order valence-electron chi connectivity index (χ3n) is 5.77. The molecule has 156 valence electrons. The maximum atomic E-state index is 13.2. The lowest BCUT2D eigenvalue weighted by molar-refractivity contribution is -0.124. The van der Waals surface area contributed by atoms with Crippen LogP contribution in [0.3, 0.4) is 0 Å². The summed E-state index contributed by atoms with van der Waals surface area (Å²) in [5, 5.41) is 5.99. The maximum Gasteiger partial charge on any atom is 0.236 e. The van der Waals surface area contributed by atoms with Gasteiger partial charge in [-0.25, -0.2) is 9.97 Å². The van der Waals surface area contributed by atoms with E-state index in [4.69, 9.17) is 11.6 Å². The number of amides is 1. The van der Waals surface area contributed by atoms with Crippen molar-refractivity contribution in [3.63, 3.8) is 0 Å². The lowest BCUT2D eigenvalue weighted by Gasteiger charge is -2.40. The van der Waals surface area contributed by atoms with Crippen molar-refractivity contribution < 1.29 is 9.59 Å². The number of Topliss-reactive ketones (excluding diaryl/α,β-unsaturated/α-hetero) is 1. The number of carbonyl (C=O) groups is 2. The Hall–Kier alpha value is -2.61. The number of nitrogens with zero attached hydrogens (tertiary/aromatic N) is 2. The normalized spacial score (nSPS) is 14.9. The fraction of sp³-hybridized carbons (Fsp3) is 0.217. The minimum absolute atomic E-state index is 0.00733. The van der Waals surface area contributed by atoms with Gasteiger partial charge in [-0.15, -0.1) is 11.3 Å². The van der Waals surface area contributed by atoms with Gasteiger partial charge in [-0.05, 0) is 48.2 Å². The van der Waals surface area contributed by atoms with E-state index in [1.54, 1.807) is 10.9 Å². The minimum atomic E-state index is -0.548. The predicted molar refractivity (Wildman–Crippen MR) is 125 cm³/mol. The fourth-order valence-electron chi connectivity index (χ4n) is 3.94. The average molecular weight is 468 g/mol. The van der Waals surface area contributed by atoms with Crippen LogP contribution >= 0.6 is 34.3 Å². The number of halogens is 1. The molecule has 1 fully saturated rings. The van der Waals surface area contributed by atoms with Crippen LogP contribution in [0.5, 0.6) is 0 Å². The molecule has 0 saturated heterocycles. The maximum absolute atomic E-state index is 13.2. The Morgan fingerprint density at radius 2 is 2.03 bits per heavy atom. The van der Waals surface area contributed by atoms with Gasteiger partial charge in [0.2, 0.25) is 5.91 Å². The number of benzene rings is 2. The van der Waals surface area contributed by atoms with Crippen molar-refractivity contribution in [2.24, 2.45) is 0 Å². The zero-order valence-corrected chi connectivity index (χ0v) is 18.8. The van der Waals surface area contributed by atoms with E-state index < -0.39 is 5.41 Å². The Kier molecular flexibility index (Phi) is 5.33. The van der Waals surface area contributed by atoms with Gasteiger partial charge in [0.1, 0.15) is 5.69 Å². The van der Waals surface area contributed by atoms with Crippen molar-refractivity contribution in [2.45, 2.75) is 31.1 Å². The Balaban J connectivity index is 1.36. The predicted octanol–water partition coefficient (Wildman–Crippen LogP) is 5.89. The van der Waals surface area contributed by atoms with Crippen molar-refractivity contribution >= 4 is 61.3 Å². The monoisotopic (exact) mass is 467 g/mol. The van der Waals surface area contributed by atoms with Gasteiger partial charge in [0, 0.05) is 16.8 Å². The molecule has 2 aromatic heterocycles. The average Bonchev–Trinajstić information content (AvgIpc) is 3.36. The zero-order valence-electron chi connectivity index (χ0n) is 16.4. The number of fused-ring (bicyclic) bond motifs is 1. The van der Waals surface area contributed by atoms with Crippen molar-refractivity contribution in [3.8, 4) is 0 Å². The summed E-state index contributed by atoms with van der Waals surface area (Å²) in [7, 11) is 0. The van der Waals surface area contributed by atoms with Crippen LogP contribution in [0.15, 0.2) is 53.4 Å². The van der Waals surface area contributed by atoms with Crippen molar-refractivity contribution in [1.29, 1.82) is 0 Å². The number of carbonyl (C=O) groups excluding carboxylic acids is 2. The van der Waals surface area contributed by atoms with Gasteiger partial charge in [-0.2, -0.15) is 0 Å². The number of anilines is 1. The molecule has 8 heteroatoms. The van der Waals surface area contributed by atoms with Gasteiger partial charge in [-0.1, -0.05) is 47.6 Å². The topological polar surface area (TPSA) is 72.0 Å². The largest absolute Gasteiger partial charge is 0.301 e. The SMILES string of the molecule is O=C(Cc1ccc2nc(NC(=O)C3(c4cccc(Cl)c4)CCC3)sc2c1)c1cscn1. The summed E-state index contributed by atoms with van der Waals surface area (Å²) in [6.45, 7) is 0. The number of thiazole rings is 2. The molecule has 4 aromatic rings. The molecule has 5 rings (SSSR count). The molecule has 0 bridgehead atoms. The van der Waals surface area contributed by atoms with Crippen LogP contribution in [0.1, 0.15) is 40.9 Å². The number of rotatable bonds is 6. The molecule has 2 aromatic carbocycles. The third-order valence-corrected chi connectivity index (χ3v) is 7.53. The van der Waals surface area contributed by atoms with Gasteiger partial charge in [0.15, 0.2) is 10.9 Å². The number of ketones is 1. The van der Waals surface area contributed by atoms with Crippen LogP contribution in [0.25, 0.3) is 10.2 Å². The highest BCUT2D eigenvalue weighted by atomic mass is 35.5. The molecule has 0 spiro atoms. The molecule has 1 amide bonds. The Morgan fingerprint density at radius 1 is 1.16 bits per heavy atom. The summed E-state index contributed by atoms with van der Waals surface area (Å²) in [4.78, 5) is 34.2. The zero-order chi connectivity index (χ0) is 21.4.